The van der Waals surface area contributed by atoms with E-state index in [1.807, 2.05) is 0 Å². The van der Waals surface area contributed by atoms with Crippen LogP contribution in [-0.4, -0.2) is 20.3 Å². The van der Waals surface area contributed by atoms with Gasteiger partial charge in [-0.15, -0.1) is 0 Å². The van der Waals surface area contributed by atoms with Crippen molar-refractivity contribution in [2.45, 2.75) is 178 Å². The maximum absolute atomic E-state index is 6.16. The molecule has 0 bridgehead atoms. The van der Waals surface area contributed by atoms with Gasteiger partial charge in [0.2, 0.25) is 0 Å². The highest BCUT2D eigenvalue weighted by Crippen LogP contribution is 2.62. The van der Waals surface area contributed by atoms with Crippen LogP contribution in [0, 0.1) is 0 Å². The topological polar surface area (TPSA) is 9.23 Å². The number of unbranched alkanes of at least 4 members (excludes halogenated alkanes) is 3. The van der Waals surface area contributed by atoms with Crippen LogP contribution in [0.25, 0.3) is 22.3 Å². The van der Waals surface area contributed by atoms with E-state index in [1.54, 1.807) is 55.6 Å². The van der Waals surface area contributed by atoms with Crippen molar-refractivity contribution in [1.29, 1.82) is 0 Å². The first-order valence-electron chi connectivity index (χ1n) is 22.0. The van der Waals surface area contributed by atoms with Crippen molar-refractivity contribution in [2.24, 2.45) is 0 Å². The highest BCUT2D eigenvalue weighted by Gasteiger charge is 2.53. The third kappa shape index (κ3) is 6.54. The summed E-state index contributed by atoms with van der Waals surface area (Å²) in [5.41, 5.74) is 20.5. The van der Waals surface area contributed by atoms with E-state index in [-0.39, 0.29) is 27.3 Å². The molecule has 1 nitrogen and oxygen atoms in total. The Hall–Kier alpha value is -2.94. The van der Waals surface area contributed by atoms with E-state index in [2.05, 4.69) is 156 Å². The second-order valence-corrected chi connectivity index (χ2v) is 26.8. The zero-order chi connectivity index (χ0) is 39.3. The fraction of sp³-hybridized carbons (Fsp3) is 0.547. The predicted molar refractivity (Wildman–Crippen MR) is 239 cm³/mol. The largest absolute Gasteiger partial charge is 0.376 e. The highest BCUT2D eigenvalue weighted by molar-refractivity contribution is 6.83. The van der Waals surface area contributed by atoms with Crippen LogP contribution < -0.4 is 0 Å². The van der Waals surface area contributed by atoms with Crippen molar-refractivity contribution < 1.29 is 4.74 Å². The molecule has 0 heterocycles. The predicted octanol–water partition coefficient (Wildman–Crippen LogP) is 14.8. The minimum atomic E-state index is -2.27. The molecule has 4 aliphatic carbocycles. The molecule has 2 heteroatoms. The summed E-state index contributed by atoms with van der Waals surface area (Å²) in [5.74, 6) is 0. The monoisotopic (exact) mass is 751 g/mol. The average Bonchev–Trinajstić information content (AvgIpc) is 3.63. The van der Waals surface area contributed by atoms with Crippen LogP contribution in [0.2, 0.25) is 12.6 Å². The van der Waals surface area contributed by atoms with Crippen LogP contribution in [0.1, 0.15) is 183 Å². The summed E-state index contributed by atoms with van der Waals surface area (Å²) in [7, 11) is -2.27. The van der Waals surface area contributed by atoms with Crippen molar-refractivity contribution in [3.05, 3.63) is 117 Å². The smallest absolute Gasteiger partial charge is 0.0761 e. The first-order chi connectivity index (χ1) is 25.8. The molecule has 0 fully saturated rings. The summed E-state index contributed by atoms with van der Waals surface area (Å²) >= 11 is 0. The Labute approximate surface area is 336 Å². The number of hydrogen-bond acceptors (Lipinski definition) is 1. The van der Waals surface area contributed by atoms with Gasteiger partial charge in [-0.05, 0) is 141 Å². The minimum absolute atomic E-state index is 0.0655. The summed E-state index contributed by atoms with van der Waals surface area (Å²) in [4.78, 5) is 0. The average molecular weight is 751 g/mol. The van der Waals surface area contributed by atoms with Crippen LogP contribution >= 0.6 is 0 Å². The van der Waals surface area contributed by atoms with Crippen LogP contribution in [0.15, 0.2) is 72.8 Å². The van der Waals surface area contributed by atoms with Crippen molar-refractivity contribution in [3.63, 3.8) is 0 Å². The molecule has 4 aliphatic rings. The van der Waals surface area contributed by atoms with Gasteiger partial charge in [0.1, 0.15) is 0 Å². The maximum atomic E-state index is 6.16. The van der Waals surface area contributed by atoms with Gasteiger partial charge in [0, 0.05) is 17.7 Å². The van der Waals surface area contributed by atoms with E-state index in [4.69, 9.17) is 4.74 Å². The second kappa shape index (κ2) is 13.3. The van der Waals surface area contributed by atoms with E-state index < -0.39 is 8.07 Å². The summed E-state index contributed by atoms with van der Waals surface area (Å²) in [5, 5.41) is 0. The number of benzene rings is 4. The second-order valence-electron chi connectivity index (χ2n) is 22.2. The molecule has 4 aromatic carbocycles. The van der Waals surface area contributed by atoms with Gasteiger partial charge < -0.3 is 4.74 Å². The highest BCUT2D eigenvalue weighted by atomic mass is 28.3. The molecule has 0 saturated heterocycles. The summed E-state index contributed by atoms with van der Waals surface area (Å²) in [6, 6.07) is 31.4. The molecule has 55 heavy (non-hydrogen) atoms. The van der Waals surface area contributed by atoms with Crippen LogP contribution in [-0.2, 0) is 26.4 Å². The van der Waals surface area contributed by atoms with E-state index in [0.717, 1.165) is 13.0 Å². The normalized spacial score (nSPS) is 21.2. The van der Waals surface area contributed by atoms with Gasteiger partial charge in [-0.1, -0.05) is 160 Å². The first-order valence-corrected chi connectivity index (χ1v) is 24.8. The molecule has 0 N–H and O–H groups in total. The molecule has 0 radical (unpaired) electrons. The summed E-state index contributed by atoms with van der Waals surface area (Å²) in [6.07, 6.45) is 9.93. The molecule has 8 rings (SSSR count). The first kappa shape index (κ1) is 38.9. The Balaban J connectivity index is 1.35. The Kier molecular flexibility index (Phi) is 9.41. The van der Waals surface area contributed by atoms with E-state index >= 15 is 0 Å². The van der Waals surface area contributed by atoms with Crippen LogP contribution in [0.4, 0.5) is 0 Å². The molecule has 0 spiro atoms. The lowest BCUT2D eigenvalue weighted by Gasteiger charge is -2.45. The van der Waals surface area contributed by atoms with Gasteiger partial charge in [0.15, 0.2) is 0 Å². The lowest BCUT2D eigenvalue weighted by Crippen LogP contribution is -2.45. The van der Waals surface area contributed by atoms with Gasteiger partial charge in [0.25, 0.3) is 0 Å². The maximum Gasteiger partial charge on any atom is 0.0761 e. The molecule has 0 aromatic heterocycles. The third-order valence-corrected chi connectivity index (χ3v) is 20.6. The molecule has 1 atom stereocenters. The number of fused-ring (bicyclic) bond motifs is 8. The Morgan fingerprint density at radius 2 is 0.891 bits per heavy atom. The Morgan fingerprint density at radius 3 is 1.33 bits per heavy atom. The Bertz CT molecular complexity index is 1990. The van der Waals surface area contributed by atoms with Gasteiger partial charge in [-0.25, -0.2) is 0 Å². The Morgan fingerprint density at radius 1 is 0.509 bits per heavy atom. The SMILES string of the molecule is CC(C)(C)OCCCCCC[Si](C)(C1c2ccccc2-c2ccccc21)C1c2cc3c(cc2-c2cc4c(cc21)C(C)(C)CCC4(C)C)C(C)(C)CCC3(C)C. The van der Waals surface area contributed by atoms with E-state index in [1.165, 1.54) is 62.1 Å². The molecule has 292 valence electrons. The molecule has 0 aliphatic heterocycles. The van der Waals surface area contributed by atoms with Gasteiger partial charge >= 0.3 is 0 Å². The lowest BCUT2D eigenvalue weighted by molar-refractivity contribution is -0.00471. The number of rotatable bonds is 9. The van der Waals surface area contributed by atoms with Crippen molar-refractivity contribution in [2.75, 3.05) is 6.61 Å². The zero-order valence-corrected chi connectivity index (χ0v) is 37.6. The van der Waals surface area contributed by atoms with Crippen molar-refractivity contribution >= 4 is 8.07 Å². The van der Waals surface area contributed by atoms with Gasteiger partial charge in [-0.3, -0.25) is 0 Å². The molecular formula is C53H70OSi. The standard InChI is InChI=1S/C53H70OSi/c1-49(2,3)54-29-19-13-14-20-30-55(12,47-37-23-17-15-21-35(37)36-22-16-18-24-38(36)47)48-41-33-45-43(50(4,5)25-27-52(45,8)9)31-39(41)40-32-44-46(34-42(40)48)53(10,11)28-26-51(44,6)7/h15-18,21-24,31-34,47-48H,13-14,19-20,25-30H2,1-12H3. The fourth-order valence-electron chi connectivity index (χ4n) is 11.7. The van der Waals surface area contributed by atoms with E-state index in [9.17, 15) is 0 Å². The van der Waals surface area contributed by atoms with Crippen molar-refractivity contribution in [1.82, 2.24) is 0 Å². The molecule has 0 saturated carbocycles. The third-order valence-electron chi connectivity index (χ3n) is 15.3. The van der Waals surface area contributed by atoms with Gasteiger partial charge in [0.05, 0.1) is 13.7 Å². The summed E-state index contributed by atoms with van der Waals surface area (Å²) in [6.45, 7) is 30.4. The number of ether oxygens (including phenoxy) is 1. The molecule has 4 aromatic rings. The fourth-order valence-corrected chi connectivity index (χ4v) is 17.5. The van der Waals surface area contributed by atoms with Crippen LogP contribution in [0.5, 0.6) is 0 Å². The molecule has 1 unspecified atom stereocenters. The number of hydrogen-bond donors (Lipinski definition) is 0. The van der Waals surface area contributed by atoms with Gasteiger partial charge in [-0.2, -0.15) is 0 Å². The molecular weight excluding hydrogens is 681 g/mol. The minimum Gasteiger partial charge on any atom is -0.376 e. The van der Waals surface area contributed by atoms with Crippen LogP contribution in [0.3, 0.4) is 0 Å². The quantitative estimate of drug-likeness (QED) is 0.122. The molecule has 0 amide bonds. The summed E-state index contributed by atoms with van der Waals surface area (Å²) < 4.78 is 6.16. The van der Waals surface area contributed by atoms with E-state index in [0.29, 0.717) is 11.1 Å². The lowest BCUT2D eigenvalue weighted by atomic mass is 9.62. The zero-order valence-electron chi connectivity index (χ0n) is 36.6. The van der Waals surface area contributed by atoms with Crippen molar-refractivity contribution in [3.8, 4) is 22.3 Å².